The molecule has 6 rings (SSSR count). The maximum atomic E-state index is 13.7. The Morgan fingerprint density at radius 2 is 2.00 bits per heavy atom. The minimum absolute atomic E-state index is 0.269. The van der Waals surface area contributed by atoms with Crippen LogP contribution in [0.15, 0.2) is 79.8 Å². The van der Waals surface area contributed by atoms with E-state index in [9.17, 15) is 9.18 Å². The molecular formula is C32H32FN7O3. The van der Waals surface area contributed by atoms with Gasteiger partial charge in [0.15, 0.2) is 0 Å². The molecule has 0 radical (unpaired) electrons. The number of nitrogens with zero attached hydrogens (tertiary/aromatic N) is 5. The largest absolute Gasteiger partial charge is 0.491 e. The van der Waals surface area contributed by atoms with Crippen molar-refractivity contribution in [2.45, 2.75) is 13.0 Å². The molecule has 3 aromatic carbocycles. The van der Waals surface area contributed by atoms with E-state index in [2.05, 4.69) is 37.2 Å². The zero-order valence-electron chi connectivity index (χ0n) is 23.6. The summed E-state index contributed by atoms with van der Waals surface area (Å²) in [6.07, 6.45) is 5.31. The van der Waals surface area contributed by atoms with Crippen molar-refractivity contribution in [1.82, 2.24) is 24.6 Å². The van der Waals surface area contributed by atoms with Crippen LogP contribution in [0.4, 0.5) is 21.6 Å². The Morgan fingerprint density at radius 1 is 1.12 bits per heavy atom. The fraction of sp³-hybridized carbons (Fsp3) is 0.250. The standard InChI is InChI=1S/C32H32FN7O3/c1-2-31(41)38-28-18-27-26(17-30(28)43-12-4-9-39-10-13-42-14-11-39)32(35-21-34-27)37-25-7-8-29-23(16-25)19-36-40(29)20-22-5-3-6-24(33)15-22/h2-3,5-8,15-19,21H,1,4,9-14,20H2,(H,38,41)(H,34,35,37). The number of halogens is 1. The molecule has 2 aromatic heterocycles. The highest BCUT2D eigenvalue weighted by atomic mass is 19.1. The number of hydrogen-bond acceptors (Lipinski definition) is 8. The van der Waals surface area contributed by atoms with E-state index in [1.165, 1.54) is 24.5 Å². The van der Waals surface area contributed by atoms with Gasteiger partial charge in [-0.2, -0.15) is 5.10 Å². The summed E-state index contributed by atoms with van der Waals surface area (Å²) in [5.74, 6) is 0.512. The summed E-state index contributed by atoms with van der Waals surface area (Å²) in [6.45, 7) is 8.75. The molecule has 10 nitrogen and oxygen atoms in total. The minimum atomic E-state index is -0.337. The lowest BCUT2D eigenvalue weighted by molar-refractivity contribution is -0.111. The molecule has 1 saturated heterocycles. The highest BCUT2D eigenvalue weighted by Crippen LogP contribution is 2.34. The molecule has 3 heterocycles. The van der Waals surface area contributed by atoms with Gasteiger partial charge in [-0.05, 0) is 60.5 Å². The fourth-order valence-corrected chi connectivity index (χ4v) is 5.11. The average Bonchev–Trinajstić information content (AvgIpc) is 3.41. The van der Waals surface area contributed by atoms with Crippen LogP contribution in [-0.2, 0) is 16.1 Å². The Labute approximate surface area is 248 Å². The van der Waals surface area contributed by atoms with E-state index in [-0.39, 0.29) is 11.7 Å². The summed E-state index contributed by atoms with van der Waals surface area (Å²) in [6, 6.07) is 16.0. The van der Waals surface area contributed by atoms with Crippen molar-refractivity contribution in [3.8, 4) is 5.75 Å². The third-order valence-electron chi connectivity index (χ3n) is 7.29. The van der Waals surface area contributed by atoms with Gasteiger partial charge in [0.05, 0.1) is 49.3 Å². The highest BCUT2D eigenvalue weighted by Gasteiger charge is 2.15. The number of morpholine rings is 1. The van der Waals surface area contributed by atoms with Crippen LogP contribution >= 0.6 is 0 Å². The molecule has 0 unspecified atom stereocenters. The Kier molecular flexibility index (Phi) is 8.52. The predicted octanol–water partition coefficient (Wildman–Crippen LogP) is 5.14. The molecule has 2 N–H and O–H groups in total. The van der Waals surface area contributed by atoms with E-state index in [4.69, 9.17) is 9.47 Å². The van der Waals surface area contributed by atoms with E-state index < -0.39 is 0 Å². The van der Waals surface area contributed by atoms with Crippen LogP contribution < -0.4 is 15.4 Å². The molecule has 0 bridgehead atoms. The molecule has 0 saturated carbocycles. The Hall–Kier alpha value is -4.87. The number of ether oxygens (including phenoxy) is 2. The van der Waals surface area contributed by atoms with Crippen molar-refractivity contribution in [2.75, 3.05) is 50.1 Å². The van der Waals surface area contributed by atoms with E-state index >= 15 is 0 Å². The molecule has 43 heavy (non-hydrogen) atoms. The van der Waals surface area contributed by atoms with Gasteiger partial charge in [0.1, 0.15) is 23.7 Å². The van der Waals surface area contributed by atoms with Gasteiger partial charge in [0.2, 0.25) is 5.91 Å². The zero-order valence-corrected chi connectivity index (χ0v) is 23.6. The molecule has 0 atom stereocenters. The minimum Gasteiger partial charge on any atom is -0.491 e. The number of aromatic nitrogens is 4. The van der Waals surface area contributed by atoms with E-state index in [1.807, 2.05) is 35.0 Å². The Morgan fingerprint density at radius 3 is 2.84 bits per heavy atom. The fourth-order valence-electron chi connectivity index (χ4n) is 5.11. The van der Waals surface area contributed by atoms with Crippen LogP contribution in [-0.4, -0.2) is 70.0 Å². The number of carbonyl (C=O) groups is 1. The quantitative estimate of drug-likeness (QED) is 0.163. The summed E-state index contributed by atoms with van der Waals surface area (Å²) in [7, 11) is 0. The van der Waals surface area contributed by atoms with Gasteiger partial charge < -0.3 is 20.1 Å². The van der Waals surface area contributed by atoms with Gasteiger partial charge in [-0.25, -0.2) is 14.4 Å². The van der Waals surface area contributed by atoms with Gasteiger partial charge in [0, 0.05) is 36.1 Å². The topological polar surface area (TPSA) is 106 Å². The summed E-state index contributed by atoms with van der Waals surface area (Å²) in [5, 5.41) is 12.4. The second-order valence-electron chi connectivity index (χ2n) is 10.3. The lowest BCUT2D eigenvalue weighted by atomic mass is 10.1. The van der Waals surface area contributed by atoms with E-state index in [1.54, 1.807) is 18.3 Å². The predicted molar refractivity (Wildman–Crippen MR) is 164 cm³/mol. The Balaban J connectivity index is 1.23. The molecule has 1 aliphatic heterocycles. The molecule has 11 heteroatoms. The summed E-state index contributed by atoms with van der Waals surface area (Å²) in [5.41, 5.74) is 3.73. The van der Waals surface area contributed by atoms with Crippen molar-refractivity contribution >= 4 is 44.9 Å². The van der Waals surface area contributed by atoms with Gasteiger partial charge in [0.25, 0.3) is 0 Å². The number of anilines is 3. The van der Waals surface area contributed by atoms with Crippen molar-refractivity contribution in [3.63, 3.8) is 0 Å². The molecule has 1 aliphatic rings. The van der Waals surface area contributed by atoms with E-state index in [0.29, 0.717) is 35.9 Å². The maximum absolute atomic E-state index is 13.7. The SMILES string of the molecule is C=CC(=O)Nc1cc2ncnc(Nc3ccc4c(cnn4Cc4cccc(F)c4)c3)c2cc1OCCCN1CCOCC1. The molecule has 1 amide bonds. The number of benzene rings is 3. The monoisotopic (exact) mass is 581 g/mol. The molecular weight excluding hydrogens is 549 g/mol. The summed E-state index contributed by atoms with van der Waals surface area (Å²) >= 11 is 0. The highest BCUT2D eigenvalue weighted by molar-refractivity contribution is 6.03. The first kappa shape index (κ1) is 28.3. The van der Waals surface area contributed by atoms with Crippen LogP contribution in [0.3, 0.4) is 0 Å². The Bertz CT molecular complexity index is 1770. The third kappa shape index (κ3) is 6.79. The number of rotatable bonds is 11. The number of amides is 1. The molecule has 1 fully saturated rings. The van der Waals surface area contributed by atoms with Crippen LogP contribution in [0.1, 0.15) is 12.0 Å². The summed E-state index contributed by atoms with van der Waals surface area (Å²) in [4.78, 5) is 23.5. The summed E-state index contributed by atoms with van der Waals surface area (Å²) < 4.78 is 27.1. The van der Waals surface area contributed by atoms with Gasteiger partial charge in [-0.1, -0.05) is 18.7 Å². The first-order valence-electron chi connectivity index (χ1n) is 14.2. The molecule has 5 aromatic rings. The first-order chi connectivity index (χ1) is 21.1. The third-order valence-corrected chi connectivity index (χ3v) is 7.29. The number of carbonyl (C=O) groups excluding carboxylic acids is 1. The second kappa shape index (κ2) is 13.0. The molecule has 220 valence electrons. The van der Waals surface area contributed by atoms with Crippen LogP contribution in [0.25, 0.3) is 21.8 Å². The van der Waals surface area contributed by atoms with Crippen LogP contribution in [0.2, 0.25) is 0 Å². The van der Waals surface area contributed by atoms with Gasteiger partial charge >= 0.3 is 0 Å². The van der Waals surface area contributed by atoms with Gasteiger partial charge in [-0.3, -0.25) is 14.4 Å². The normalized spacial score (nSPS) is 13.7. The molecule has 0 spiro atoms. The van der Waals surface area contributed by atoms with Crippen LogP contribution in [0.5, 0.6) is 5.75 Å². The van der Waals surface area contributed by atoms with Crippen LogP contribution in [0, 0.1) is 5.82 Å². The van der Waals surface area contributed by atoms with Crippen molar-refractivity contribution in [2.24, 2.45) is 0 Å². The van der Waals surface area contributed by atoms with E-state index in [0.717, 1.165) is 66.8 Å². The van der Waals surface area contributed by atoms with Crippen molar-refractivity contribution in [3.05, 3.63) is 91.2 Å². The number of hydrogen-bond donors (Lipinski definition) is 2. The smallest absolute Gasteiger partial charge is 0.247 e. The number of fused-ring (bicyclic) bond motifs is 2. The number of nitrogens with one attached hydrogen (secondary N) is 2. The van der Waals surface area contributed by atoms with Gasteiger partial charge in [-0.15, -0.1) is 0 Å². The first-order valence-corrected chi connectivity index (χ1v) is 14.2. The zero-order chi connectivity index (χ0) is 29.6. The maximum Gasteiger partial charge on any atom is 0.247 e. The van der Waals surface area contributed by atoms with Crippen molar-refractivity contribution in [1.29, 1.82) is 0 Å². The van der Waals surface area contributed by atoms with Crippen molar-refractivity contribution < 1.29 is 18.7 Å². The second-order valence-corrected chi connectivity index (χ2v) is 10.3. The average molecular weight is 582 g/mol. The molecule has 0 aliphatic carbocycles. The lowest BCUT2D eigenvalue weighted by Gasteiger charge is -2.26. The lowest BCUT2D eigenvalue weighted by Crippen LogP contribution is -2.37.